The Bertz CT molecular complexity index is 353. The van der Waals surface area contributed by atoms with Crippen molar-refractivity contribution in [2.45, 2.75) is 13.2 Å². The van der Waals surface area contributed by atoms with Gasteiger partial charge in [0, 0.05) is 12.1 Å². The summed E-state index contributed by atoms with van der Waals surface area (Å²) in [5.41, 5.74) is 6.36. The summed E-state index contributed by atoms with van der Waals surface area (Å²) >= 11 is 0. The second-order valence-electron chi connectivity index (χ2n) is 3.79. The molecule has 3 nitrogen and oxygen atoms in total. The van der Waals surface area contributed by atoms with Gasteiger partial charge in [0.05, 0.1) is 0 Å². The number of aliphatic hydroxyl groups excluding tert-OH is 1. The van der Waals surface area contributed by atoms with Gasteiger partial charge in [0.2, 0.25) is 0 Å². The summed E-state index contributed by atoms with van der Waals surface area (Å²) in [5, 5.41) is 12.4. The first-order chi connectivity index (χ1) is 7.72. The minimum Gasteiger partial charge on any atom is -0.367 e. The second-order valence-corrected chi connectivity index (χ2v) is 3.79. The van der Waals surface area contributed by atoms with Gasteiger partial charge in [-0.05, 0) is 30.5 Å². The molecule has 0 aromatic heterocycles. The fourth-order valence-corrected chi connectivity index (χ4v) is 1.12. The molecule has 0 aliphatic heterocycles. The van der Waals surface area contributed by atoms with E-state index in [-0.39, 0.29) is 0 Å². The van der Waals surface area contributed by atoms with Gasteiger partial charge in [-0.3, -0.25) is 5.32 Å². The predicted molar refractivity (Wildman–Crippen MR) is 65.5 cm³/mol. The van der Waals surface area contributed by atoms with Crippen LogP contribution in [0.15, 0.2) is 30.3 Å². The van der Waals surface area contributed by atoms with Gasteiger partial charge in [0.25, 0.3) is 0 Å². The number of hydrogen-bond acceptors (Lipinski definition) is 3. The zero-order valence-electron chi connectivity index (χ0n) is 9.48. The first kappa shape index (κ1) is 12.7. The molecule has 0 amide bonds. The summed E-state index contributed by atoms with van der Waals surface area (Å²) in [6.45, 7) is 3.29. The normalized spacial score (nSPS) is 13.7. The lowest BCUT2D eigenvalue weighted by Crippen LogP contribution is -2.33. The molecule has 3 heteroatoms. The molecule has 4 N–H and O–H groups in total. The highest BCUT2D eigenvalue weighted by molar-refractivity contribution is 5.34. The topological polar surface area (TPSA) is 58.3 Å². The molecule has 0 aliphatic rings. The van der Waals surface area contributed by atoms with Crippen molar-refractivity contribution in [3.63, 3.8) is 0 Å². The van der Waals surface area contributed by atoms with Crippen LogP contribution in [0.25, 0.3) is 0 Å². The van der Waals surface area contributed by atoms with Crippen molar-refractivity contribution in [2.24, 2.45) is 11.7 Å². The molecule has 0 saturated heterocycles. The molecule has 16 heavy (non-hydrogen) atoms. The third-order valence-corrected chi connectivity index (χ3v) is 2.19. The van der Waals surface area contributed by atoms with Crippen molar-refractivity contribution in [3.8, 4) is 11.8 Å². The number of nitrogens with one attached hydrogen (secondary N) is 1. The Labute approximate surface area is 96.7 Å². The molecule has 1 rings (SSSR count). The van der Waals surface area contributed by atoms with E-state index in [1.54, 1.807) is 0 Å². The molecule has 86 valence electrons. The van der Waals surface area contributed by atoms with E-state index in [2.05, 4.69) is 17.2 Å². The largest absolute Gasteiger partial charge is 0.367 e. The van der Waals surface area contributed by atoms with Gasteiger partial charge in [0.1, 0.15) is 0 Å². The quantitative estimate of drug-likeness (QED) is 0.511. The standard InChI is InChI=1S/C13H18N2O/c1-11(9-14)10-15-13(16)8-7-12-5-3-2-4-6-12/h2-6,11,13,15-16H,9-10,14H2,1H3. The lowest BCUT2D eigenvalue weighted by Gasteiger charge is -2.11. The van der Waals surface area contributed by atoms with Gasteiger partial charge in [0.15, 0.2) is 6.23 Å². The van der Waals surface area contributed by atoms with E-state index in [1.807, 2.05) is 37.3 Å². The highest BCUT2D eigenvalue weighted by Crippen LogP contribution is 1.95. The van der Waals surface area contributed by atoms with Gasteiger partial charge in [-0.1, -0.05) is 31.0 Å². The average molecular weight is 218 g/mol. The lowest BCUT2D eigenvalue weighted by molar-refractivity contribution is 0.188. The molecular weight excluding hydrogens is 200 g/mol. The van der Waals surface area contributed by atoms with Crippen molar-refractivity contribution in [3.05, 3.63) is 35.9 Å². The van der Waals surface area contributed by atoms with Crippen LogP contribution in [0.2, 0.25) is 0 Å². The molecular formula is C13H18N2O. The average Bonchev–Trinajstić information content (AvgIpc) is 2.34. The van der Waals surface area contributed by atoms with Crippen LogP contribution in [0.5, 0.6) is 0 Å². The van der Waals surface area contributed by atoms with E-state index >= 15 is 0 Å². The lowest BCUT2D eigenvalue weighted by atomic mass is 10.2. The van der Waals surface area contributed by atoms with Gasteiger partial charge in [-0.25, -0.2) is 0 Å². The van der Waals surface area contributed by atoms with Crippen LogP contribution in [-0.4, -0.2) is 24.4 Å². The van der Waals surface area contributed by atoms with Gasteiger partial charge >= 0.3 is 0 Å². The van der Waals surface area contributed by atoms with Crippen molar-refractivity contribution in [1.29, 1.82) is 0 Å². The van der Waals surface area contributed by atoms with E-state index < -0.39 is 6.23 Å². The maximum Gasteiger partial charge on any atom is 0.168 e. The molecule has 2 atom stereocenters. The molecule has 1 aromatic rings. The summed E-state index contributed by atoms with van der Waals surface area (Å²) in [5.74, 6) is 5.97. The molecule has 1 aromatic carbocycles. The first-order valence-corrected chi connectivity index (χ1v) is 5.40. The molecule has 0 aliphatic carbocycles. The fourth-order valence-electron chi connectivity index (χ4n) is 1.12. The van der Waals surface area contributed by atoms with Crippen LogP contribution >= 0.6 is 0 Å². The van der Waals surface area contributed by atoms with Crippen LogP contribution < -0.4 is 11.1 Å². The van der Waals surface area contributed by atoms with Gasteiger partial charge in [-0.2, -0.15) is 0 Å². The molecule has 0 saturated carbocycles. The van der Waals surface area contributed by atoms with Crippen LogP contribution in [-0.2, 0) is 0 Å². The summed E-state index contributed by atoms with van der Waals surface area (Å²) in [7, 11) is 0. The number of nitrogens with two attached hydrogens (primary N) is 1. The van der Waals surface area contributed by atoms with E-state index in [0.717, 1.165) is 5.56 Å². The number of rotatable bonds is 4. The maximum atomic E-state index is 9.53. The zero-order chi connectivity index (χ0) is 11.8. The summed E-state index contributed by atoms with van der Waals surface area (Å²) < 4.78 is 0. The van der Waals surface area contributed by atoms with Crippen LogP contribution in [0.4, 0.5) is 0 Å². The summed E-state index contributed by atoms with van der Waals surface area (Å²) in [6, 6.07) is 9.58. The Hall–Kier alpha value is -1.34. The predicted octanol–water partition coefficient (Wildman–Crippen LogP) is 0.541. The van der Waals surface area contributed by atoms with Crippen molar-refractivity contribution in [1.82, 2.24) is 5.32 Å². The first-order valence-electron chi connectivity index (χ1n) is 5.40. The second kappa shape index (κ2) is 7.02. The highest BCUT2D eigenvalue weighted by atomic mass is 16.3. The van der Waals surface area contributed by atoms with E-state index in [0.29, 0.717) is 19.0 Å². The summed E-state index contributed by atoms with van der Waals surface area (Å²) in [6.07, 6.45) is -0.797. The monoisotopic (exact) mass is 218 g/mol. The molecule has 0 radical (unpaired) electrons. The van der Waals surface area contributed by atoms with E-state index in [4.69, 9.17) is 5.73 Å². The van der Waals surface area contributed by atoms with Crippen LogP contribution in [0.3, 0.4) is 0 Å². The minimum absolute atomic E-state index is 0.341. The Morgan fingerprint density at radius 2 is 2.06 bits per heavy atom. The third-order valence-electron chi connectivity index (χ3n) is 2.19. The van der Waals surface area contributed by atoms with Crippen molar-refractivity contribution < 1.29 is 5.11 Å². The molecule has 0 bridgehead atoms. The number of hydrogen-bond donors (Lipinski definition) is 3. The van der Waals surface area contributed by atoms with E-state index in [1.165, 1.54) is 0 Å². The smallest absolute Gasteiger partial charge is 0.168 e. The Morgan fingerprint density at radius 1 is 1.38 bits per heavy atom. The minimum atomic E-state index is -0.797. The fraction of sp³-hybridized carbons (Fsp3) is 0.385. The Kier molecular flexibility index (Phi) is 5.58. The molecule has 0 fully saturated rings. The van der Waals surface area contributed by atoms with Crippen LogP contribution in [0, 0.1) is 17.8 Å². The summed E-state index contributed by atoms with van der Waals surface area (Å²) in [4.78, 5) is 0. The Morgan fingerprint density at radius 3 is 2.69 bits per heavy atom. The van der Waals surface area contributed by atoms with Gasteiger partial charge < -0.3 is 10.8 Å². The highest BCUT2D eigenvalue weighted by Gasteiger charge is 2.01. The number of benzene rings is 1. The van der Waals surface area contributed by atoms with Crippen molar-refractivity contribution in [2.75, 3.05) is 13.1 Å². The SMILES string of the molecule is CC(CN)CNC(O)C#Cc1ccccc1. The third kappa shape index (κ3) is 4.94. The molecule has 0 heterocycles. The zero-order valence-corrected chi connectivity index (χ0v) is 9.48. The molecule has 0 spiro atoms. The Balaban J connectivity index is 2.40. The van der Waals surface area contributed by atoms with Crippen molar-refractivity contribution >= 4 is 0 Å². The van der Waals surface area contributed by atoms with E-state index in [9.17, 15) is 5.11 Å². The van der Waals surface area contributed by atoms with Gasteiger partial charge in [-0.15, -0.1) is 0 Å². The van der Waals surface area contributed by atoms with Crippen LogP contribution in [0.1, 0.15) is 12.5 Å². The maximum absolute atomic E-state index is 9.53. The number of aliphatic hydroxyl groups is 1. The molecule has 2 unspecified atom stereocenters.